The van der Waals surface area contributed by atoms with E-state index >= 15 is 0 Å². The van der Waals surface area contributed by atoms with Gasteiger partial charge in [-0.1, -0.05) is 0 Å². The van der Waals surface area contributed by atoms with E-state index in [2.05, 4.69) is 5.32 Å². The molecule has 0 saturated heterocycles. The Labute approximate surface area is 101 Å². The molecule has 0 atom stereocenters. The van der Waals surface area contributed by atoms with Crippen molar-refractivity contribution in [3.63, 3.8) is 0 Å². The molecule has 1 aromatic rings. The Morgan fingerprint density at radius 1 is 1.44 bits per heavy atom. The van der Waals surface area contributed by atoms with E-state index in [9.17, 15) is 8.42 Å². The van der Waals surface area contributed by atoms with E-state index in [0.717, 1.165) is 24.4 Å². The fourth-order valence-electron chi connectivity index (χ4n) is 1.08. The van der Waals surface area contributed by atoms with Crippen LogP contribution in [-0.4, -0.2) is 38.5 Å². The van der Waals surface area contributed by atoms with E-state index in [4.69, 9.17) is 4.42 Å². The third kappa shape index (κ3) is 6.92. The topological polar surface area (TPSA) is 59.3 Å². The molecular formula is C10H17NO3S2. The van der Waals surface area contributed by atoms with Gasteiger partial charge in [0.15, 0.2) is 0 Å². The van der Waals surface area contributed by atoms with Crippen molar-refractivity contribution in [2.24, 2.45) is 0 Å². The zero-order valence-corrected chi connectivity index (χ0v) is 10.9. The Morgan fingerprint density at radius 3 is 2.88 bits per heavy atom. The second-order valence-electron chi connectivity index (χ2n) is 3.55. The van der Waals surface area contributed by atoms with Gasteiger partial charge in [0.2, 0.25) is 0 Å². The van der Waals surface area contributed by atoms with E-state index in [-0.39, 0.29) is 5.75 Å². The molecule has 0 aromatic carbocycles. The molecule has 0 radical (unpaired) electrons. The summed E-state index contributed by atoms with van der Waals surface area (Å²) in [5, 5.41) is 3.26. The van der Waals surface area contributed by atoms with Crippen molar-refractivity contribution < 1.29 is 12.8 Å². The Kier molecular flexibility index (Phi) is 5.94. The summed E-state index contributed by atoms with van der Waals surface area (Å²) < 4.78 is 26.6. The van der Waals surface area contributed by atoms with Crippen LogP contribution in [0, 0.1) is 0 Å². The average molecular weight is 263 g/mol. The smallest absolute Gasteiger partial charge is 0.148 e. The molecule has 0 fully saturated rings. The van der Waals surface area contributed by atoms with E-state index in [1.807, 2.05) is 6.07 Å². The molecular weight excluding hydrogens is 246 g/mol. The van der Waals surface area contributed by atoms with Gasteiger partial charge in [-0.2, -0.15) is 11.8 Å². The maximum Gasteiger partial charge on any atom is 0.148 e. The summed E-state index contributed by atoms with van der Waals surface area (Å²) in [4.78, 5) is 0. The standard InChI is InChI=1S/C10H17NO3S2/c1-16(12,13)7-6-15-5-3-11-8-10-2-4-14-9-10/h2,4,9,11H,3,5-8H2,1H3. The summed E-state index contributed by atoms with van der Waals surface area (Å²) in [6, 6.07) is 1.92. The predicted molar refractivity (Wildman–Crippen MR) is 67.5 cm³/mol. The fourth-order valence-corrected chi connectivity index (χ4v) is 3.26. The van der Waals surface area contributed by atoms with Gasteiger partial charge in [-0.15, -0.1) is 0 Å². The maximum absolute atomic E-state index is 10.8. The van der Waals surface area contributed by atoms with Gasteiger partial charge in [-0.25, -0.2) is 8.42 Å². The van der Waals surface area contributed by atoms with Gasteiger partial charge in [-0.05, 0) is 6.07 Å². The van der Waals surface area contributed by atoms with Crippen LogP contribution in [0.1, 0.15) is 5.56 Å². The molecule has 0 aliphatic rings. The van der Waals surface area contributed by atoms with Crippen molar-refractivity contribution in [2.75, 3.05) is 30.1 Å². The molecule has 92 valence electrons. The molecule has 4 nitrogen and oxygen atoms in total. The summed E-state index contributed by atoms with van der Waals surface area (Å²) in [6.07, 6.45) is 4.63. The largest absolute Gasteiger partial charge is 0.472 e. The van der Waals surface area contributed by atoms with E-state index in [1.54, 1.807) is 24.3 Å². The van der Waals surface area contributed by atoms with Crippen molar-refractivity contribution in [1.29, 1.82) is 0 Å². The number of sulfone groups is 1. The molecule has 0 unspecified atom stereocenters. The van der Waals surface area contributed by atoms with Crippen molar-refractivity contribution in [2.45, 2.75) is 6.54 Å². The SMILES string of the molecule is CS(=O)(=O)CCSCCNCc1ccoc1. The molecule has 1 heterocycles. The Morgan fingerprint density at radius 2 is 2.25 bits per heavy atom. The molecule has 16 heavy (non-hydrogen) atoms. The van der Waals surface area contributed by atoms with Gasteiger partial charge < -0.3 is 9.73 Å². The molecule has 6 heteroatoms. The molecule has 0 amide bonds. The van der Waals surface area contributed by atoms with Crippen molar-refractivity contribution in [3.8, 4) is 0 Å². The lowest BCUT2D eigenvalue weighted by atomic mass is 10.3. The summed E-state index contributed by atoms with van der Waals surface area (Å²) in [6.45, 7) is 1.67. The number of furan rings is 1. The third-order valence-electron chi connectivity index (χ3n) is 1.93. The van der Waals surface area contributed by atoms with Crippen molar-refractivity contribution in [3.05, 3.63) is 24.2 Å². The zero-order chi connectivity index (χ0) is 11.9. The summed E-state index contributed by atoms with van der Waals surface area (Å²) in [5.74, 6) is 1.86. The first kappa shape index (κ1) is 13.6. The van der Waals surface area contributed by atoms with Crippen LogP contribution in [0.5, 0.6) is 0 Å². The molecule has 0 aliphatic heterocycles. The highest BCUT2D eigenvalue weighted by Gasteiger charge is 2.00. The number of rotatable bonds is 8. The van der Waals surface area contributed by atoms with Crippen LogP contribution in [0.15, 0.2) is 23.0 Å². The van der Waals surface area contributed by atoms with Crippen LogP contribution < -0.4 is 5.32 Å². The van der Waals surface area contributed by atoms with Crippen LogP contribution in [-0.2, 0) is 16.4 Å². The van der Waals surface area contributed by atoms with Crippen LogP contribution in [0.4, 0.5) is 0 Å². The lowest BCUT2D eigenvalue weighted by Gasteiger charge is -2.02. The van der Waals surface area contributed by atoms with E-state index in [0.29, 0.717) is 5.75 Å². The maximum atomic E-state index is 10.8. The molecule has 0 saturated carbocycles. The second-order valence-corrected chi connectivity index (χ2v) is 7.04. The Bertz CT molecular complexity index is 373. The predicted octanol–water partition coefficient (Wildman–Crippen LogP) is 1.15. The van der Waals surface area contributed by atoms with Gasteiger partial charge in [0.25, 0.3) is 0 Å². The normalized spacial score (nSPS) is 11.8. The van der Waals surface area contributed by atoms with Crippen LogP contribution in [0.3, 0.4) is 0 Å². The lowest BCUT2D eigenvalue weighted by molar-refractivity contribution is 0.561. The minimum absolute atomic E-state index is 0.263. The summed E-state index contributed by atoms with van der Waals surface area (Å²) in [5.41, 5.74) is 1.13. The Balaban J connectivity index is 1.93. The first-order valence-electron chi connectivity index (χ1n) is 5.05. The molecule has 0 spiro atoms. The highest BCUT2D eigenvalue weighted by atomic mass is 32.2. The van der Waals surface area contributed by atoms with Gasteiger partial charge in [0, 0.05) is 36.4 Å². The highest BCUT2D eigenvalue weighted by molar-refractivity contribution is 8.00. The minimum Gasteiger partial charge on any atom is -0.472 e. The van der Waals surface area contributed by atoms with Crippen molar-refractivity contribution >= 4 is 21.6 Å². The van der Waals surface area contributed by atoms with Crippen LogP contribution >= 0.6 is 11.8 Å². The minimum atomic E-state index is -2.81. The number of hydrogen-bond acceptors (Lipinski definition) is 5. The van der Waals surface area contributed by atoms with E-state index in [1.165, 1.54) is 6.26 Å². The molecule has 1 rings (SSSR count). The monoisotopic (exact) mass is 263 g/mol. The quantitative estimate of drug-likeness (QED) is 0.713. The first-order valence-corrected chi connectivity index (χ1v) is 8.27. The Hall–Kier alpha value is -0.460. The van der Waals surface area contributed by atoms with Crippen LogP contribution in [0.2, 0.25) is 0 Å². The molecule has 1 aromatic heterocycles. The third-order valence-corrected chi connectivity index (χ3v) is 4.12. The van der Waals surface area contributed by atoms with Gasteiger partial charge in [-0.3, -0.25) is 0 Å². The average Bonchev–Trinajstić information content (AvgIpc) is 2.67. The zero-order valence-electron chi connectivity index (χ0n) is 9.31. The molecule has 0 bridgehead atoms. The molecule has 0 aliphatic carbocycles. The number of hydrogen-bond donors (Lipinski definition) is 1. The first-order chi connectivity index (χ1) is 7.58. The van der Waals surface area contributed by atoms with E-state index < -0.39 is 9.84 Å². The summed E-state index contributed by atoms with van der Waals surface area (Å²) in [7, 11) is -2.81. The number of thioether (sulfide) groups is 1. The summed E-state index contributed by atoms with van der Waals surface area (Å²) >= 11 is 1.65. The number of nitrogens with one attached hydrogen (secondary N) is 1. The van der Waals surface area contributed by atoms with Gasteiger partial charge >= 0.3 is 0 Å². The second kappa shape index (κ2) is 6.98. The van der Waals surface area contributed by atoms with Crippen molar-refractivity contribution in [1.82, 2.24) is 5.32 Å². The van der Waals surface area contributed by atoms with Crippen LogP contribution in [0.25, 0.3) is 0 Å². The van der Waals surface area contributed by atoms with Gasteiger partial charge in [0.1, 0.15) is 9.84 Å². The molecule has 1 N–H and O–H groups in total. The van der Waals surface area contributed by atoms with Gasteiger partial charge in [0.05, 0.1) is 18.3 Å². The highest BCUT2D eigenvalue weighted by Crippen LogP contribution is 2.01. The fraction of sp³-hybridized carbons (Fsp3) is 0.600. The lowest BCUT2D eigenvalue weighted by Crippen LogP contribution is -2.16.